The maximum absolute atomic E-state index is 12.1. The topological polar surface area (TPSA) is 96.7 Å². The van der Waals surface area contributed by atoms with Gasteiger partial charge >= 0.3 is 0 Å². The number of nitrogens with one attached hydrogen (secondary N) is 1. The van der Waals surface area contributed by atoms with Crippen LogP contribution < -0.4 is 11.1 Å². The number of benzene rings is 2. The number of nitrogen functional groups attached to an aromatic ring is 1. The summed E-state index contributed by atoms with van der Waals surface area (Å²) in [6.07, 6.45) is 1.17. The SMILES string of the molecule is N#Cc1c(CCCNC(=O)c2ccc(Cl)cc2)nn(-c2ccccc2)c1N. The second-order valence-electron chi connectivity index (χ2n) is 5.93. The minimum Gasteiger partial charge on any atom is -0.382 e. The zero-order valence-electron chi connectivity index (χ0n) is 14.5. The summed E-state index contributed by atoms with van der Waals surface area (Å²) in [7, 11) is 0. The Kier molecular flexibility index (Phi) is 5.74. The number of carbonyl (C=O) groups excluding carboxylic acids is 1. The van der Waals surface area contributed by atoms with Gasteiger partial charge in [0.2, 0.25) is 0 Å². The summed E-state index contributed by atoms with van der Waals surface area (Å²) in [5, 5.41) is 17.3. The average Bonchev–Trinajstić information content (AvgIpc) is 3.01. The van der Waals surface area contributed by atoms with Crippen molar-refractivity contribution in [2.24, 2.45) is 0 Å². The quantitative estimate of drug-likeness (QED) is 0.642. The normalized spacial score (nSPS) is 10.4. The molecule has 7 heteroatoms. The summed E-state index contributed by atoms with van der Waals surface area (Å²) in [5.41, 5.74) is 8.44. The van der Waals surface area contributed by atoms with Crippen LogP contribution in [0.15, 0.2) is 54.6 Å². The lowest BCUT2D eigenvalue weighted by atomic mass is 10.1. The number of rotatable bonds is 6. The molecule has 0 aliphatic heterocycles. The number of nitrogens with two attached hydrogens (primary N) is 1. The van der Waals surface area contributed by atoms with Crippen molar-refractivity contribution in [3.63, 3.8) is 0 Å². The summed E-state index contributed by atoms with van der Waals surface area (Å²) < 4.78 is 1.57. The second-order valence-corrected chi connectivity index (χ2v) is 6.37. The molecule has 3 N–H and O–H groups in total. The van der Waals surface area contributed by atoms with Crippen molar-refractivity contribution in [1.29, 1.82) is 5.26 Å². The molecule has 0 saturated carbocycles. The number of hydrogen-bond donors (Lipinski definition) is 2. The third-order valence-corrected chi connectivity index (χ3v) is 4.34. The van der Waals surface area contributed by atoms with E-state index >= 15 is 0 Å². The summed E-state index contributed by atoms with van der Waals surface area (Å²) in [5.74, 6) is 0.158. The maximum Gasteiger partial charge on any atom is 0.251 e. The first-order valence-corrected chi connectivity index (χ1v) is 8.84. The van der Waals surface area contributed by atoms with Crippen LogP contribution >= 0.6 is 11.6 Å². The van der Waals surface area contributed by atoms with E-state index in [9.17, 15) is 10.1 Å². The van der Waals surface area contributed by atoms with Crippen LogP contribution in [0.25, 0.3) is 5.69 Å². The van der Waals surface area contributed by atoms with Crippen LogP contribution in [-0.2, 0) is 6.42 Å². The minimum atomic E-state index is -0.165. The summed E-state index contributed by atoms with van der Waals surface area (Å²) >= 11 is 5.82. The Morgan fingerprint density at radius 2 is 1.89 bits per heavy atom. The number of carbonyl (C=O) groups is 1. The van der Waals surface area contributed by atoms with Gasteiger partial charge in [-0.25, -0.2) is 4.68 Å². The Bertz CT molecular complexity index is 974. The van der Waals surface area contributed by atoms with Gasteiger partial charge in [-0.1, -0.05) is 29.8 Å². The van der Waals surface area contributed by atoms with Gasteiger partial charge in [-0.05, 0) is 49.2 Å². The maximum atomic E-state index is 12.1. The highest BCUT2D eigenvalue weighted by Gasteiger charge is 2.16. The minimum absolute atomic E-state index is 0.165. The zero-order chi connectivity index (χ0) is 19.2. The van der Waals surface area contributed by atoms with Crippen molar-refractivity contribution in [3.8, 4) is 11.8 Å². The number of halogens is 1. The number of nitriles is 1. The van der Waals surface area contributed by atoms with Gasteiger partial charge in [-0.2, -0.15) is 10.4 Å². The van der Waals surface area contributed by atoms with E-state index in [2.05, 4.69) is 16.5 Å². The van der Waals surface area contributed by atoms with Crippen molar-refractivity contribution in [2.75, 3.05) is 12.3 Å². The van der Waals surface area contributed by atoms with Crippen LogP contribution in [0, 0.1) is 11.3 Å². The number of aromatic nitrogens is 2. The predicted molar refractivity (Wildman–Crippen MR) is 105 cm³/mol. The molecule has 3 aromatic rings. The van der Waals surface area contributed by atoms with Gasteiger partial charge in [-0.3, -0.25) is 4.79 Å². The monoisotopic (exact) mass is 379 g/mol. The highest BCUT2D eigenvalue weighted by molar-refractivity contribution is 6.30. The van der Waals surface area contributed by atoms with Gasteiger partial charge in [-0.15, -0.1) is 0 Å². The number of anilines is 1. The number of amides is 1. The molecular formula is C20H18ClN5O. The fraction of sp³-hybridized carbons (Fsp3) is 0.150. The van der Waals surface area contributed by atoms with Crippen molar-refractivity contribution < 1.29 is 4.79 Å². The zero-order valence-corrected chi connectivity index (χ0v) is 15.3. The highest BCUT2D eigenvalue weighted by atomic mass is 35.5. The molecule has 0 unspecified atom stereocenters. The van der Waals surface area contributed by atoms with Crippen LogP contribution in [-0.4, -0.2) is 22.2 Å². The van der Waals surface area contributed by atoms with E-state index in [0.29, 0.717) is 47.0 Å². The molecular weight excluding hydrogens is 362 g/mol. The molecule has 0 aliphatic carbocycles. The Balaban J connectivity index is 1.62. The van der Waals surface area contributed by atoms with Crippen LogP contribution in [0.3, 0.4) is 0 Å². The first kappa shape index (κ1) is 18.5. The van der Waals surface area contributed by atoms with E-state index in [0.717, 1.165) is 5.69 Å². The molecule has 1 heterocycles. The molecule has 3 rings (SSSR count). The van der Waals surface area contributed by atoms with Gasteiger partial charge in [0.05, 0.1) is 11.4 Å². The molecule has 136 valence electrons. The number of hydrogen-bond acceptors (Lipinski definition) is 4. The van der Waals surface area contributed by atoms with Gasteiger partial charge in [0, 0.05) is 17.1 Å². The predicted octanol–water partition coefficient (Wildman–Crippen LogP) is 3.34. The number of aryl methyl sites for hydroxylation is 1. The summed E-state index contributed by atoms with van der Waals surface area (Å²) in [6, 6.07) is 18.2. The third kappa shape index (κ3) is 4.27. The molecule has 1 amide bonds. The fourth-order valence-electron chi connectivity index (χ4n) is 2.70. The molecule has 2 aromatic carbocycles. The lowest BCUT2D eigenvalue weighted by Crippen LogP contribution is -2.24. The van der Waals surface area contributed by atoms with Gasteiger partial charge < -0.3 is 11.1 Å². The lowest BCUT2D eigenvalue weighted by molar-refractivity contribution is 0.0953. The largest absolute Gasteiger partial charge is 0.382 e. The molecule has 1 aromatic heterocycles. The fourth-order valence-corrected chi connectivity index (χ4v) is 2.83. The summed E-state index contributed by atoms with van der Waals surface area (Å²) in [6.45, 7) is 0.463. The molecule has 0 spiro atoms. The molecule has 0 fully saturated rings. The van der Waals surface area contributed by atoms with E-state index in [1.807, 2.05) is 30.3 Å². The first-order valence-electron chi connectivity index (χ1n) is 8.47. The van der Waals surface area contributed by atoms with Crippen LogP contribution in [0.4, 0.5) is 5.82 Å². The van der Waals surface area contributed by atoms with E-state index in [1.54, 1.807) is 28.9 Å². The molecule has 0 aliphatic rings. The summed E-state index contributed by atoms with van der Waals surface area (Å²) in [4.78, 5) is 12.1. The third-order valence-electron chi connectivity index (χ3n) is 4.09. The second kappa shape index (κ2) is 8.39. The van der Waals surface area contributed by atoms with Crippen LogP contribution in [0.5, 0.6) is 0 Å². The first-order chi connectivity index (χ1) is 13.1. The van der Waals surface area contributed by atoms with Crippen molar-refractivity contribution in [3.05, 3.63) is 76.4 Å². The van der Waals surface area contributed by atoms with Gasteiger partial charge in [0.15, 0.2) is 0 Å². The van der Waals surface area contributed by atoms with E-state index < -0.39 is 0 Å². The van der Waals surface area contributed by atoms with Crippen molar-refractivity contribution >= 4 is 23.3 Å². The van der Waals surface area contributed by atoms with Gasteiger partial charge in [0.1, 0.15) is 17.5 Å². The Morgan fingerprint density at radius 1 is 1.19 bits per heavy atom. The standard InChI is InChI=1S/C20H18ClN5O/c21-15-10-8-14(9-11-15)20(27)24-12-4-7-18-17(13-22)19(23)26(25-18)16-5-2-1-3-6-16/h1-3,5-6,8-11H,4,7,12,23H2,(H,24,27). The van der Waals surface area contributed by atoms with Crippen LogP contribution in [0.2, 0.25) is 5.02 Å². The van der Waals surface area contributed by atoms with E-state index in [-0.39, 0.29) is 5.91 Å². The Labute approximate surface area is 162 Å². The van der Waals surface area contributed by atoms with Gasteiger partial charge in [0.25, 0.3) is 5.91 Å². The lowest BCUT2D eigenvalue weighted by Gasteiger charge is -2.05. The molecule has 0 radical (unpaired) electrons. The Hall–Kier alpha value is -3.30. The molecule has 27 heavy (non-hydrogen) atoms. The number of para-hydroxylation sites is 1. The average molecular weight is 380 g/mol. The smallest absolute Gasteiger partial charge is 0.251 e. The van der Waals surface area contributed by atoms with E-state index in [1.165, 1.54) is 0 Å². The Morgan fingerprint density at radius 3 is 2.56 bits per heavy atom. The molecule has 0 saturated heterocycles. The van der Waals surface area contributed by atoms with Crippen molar-refractivity contribution in [2.45, 2.75) is 12.8 Å². The molecule has 0 atom stereocenters. The number of nitrogens with zero attached hydrogens (tertiary/aromatic N) is 3. The van der Waals surface area contributed by atoms with Crippen molar-refractivity contribution in [1.82, 2.24) is 15.1 Å². The molecule has 0 bridgehead atoms. The van der Waals surface area contributed by atoms with E-state index in [4.69, 9.17) is 17.3 Å². The molecule has 6 nitrogen and oxygen atoms in total. The highest BCUT2D eigenvalue weighted by Crippen LogP contribution is 2.21. The van der Waals surface area contributed by atoms with Crippen LogP contribution in [0.1, 0.15) is 28.0 Å².